The molecule has 0 saturated heterocycles. The average Bonchev–Trinajstić information content (AvgIpc) is 2.26. The third-order valence-electron chi connectivity index (χ3n) is 2.21. The molecule has 0 amide bonds. The molecule has 0 N–H and O–H groups in total. The largest absolute Gasteiger partial charge is 0.496 e. The fourth-order valence-corrected chi connectivity index (χ4v) is 1.42. The molecule has 0 saturated carbocycles. The molecule has 0 atom stereocenters. The Morgan fingerprint density at radius 1 is 1.33 bits per heavy atom. The number of rotatable bonds is 3. The van der Waals surface area contributed by atoms with Crippen LogP contribution in [0.2, 0.25) is 0 Å². The SMILES string of the molecule is COc1ccc(CC(C#N)C#N)cc1C. The topological polar surface area (TPSA) is 56.8 Å². The summed E-state index contributed by atoms with van der Waals surface area (Å²) in [6, 6.07) is 9.60. The van der Waals surface area contributed by atoms with E-state index in [1.54, 1.807) is 7.11 Å². The second-order valence-electron chi connectivity index (χ2n) is 3.32. The van der Waals surface area contributed by atoms with Crippen LogP contribution < -0.4 is 4.74 Å². The minimum Gasteiger partial charge on any atom is -0.496 e. The molecule has 1 rings (SSSR count). The lowest BCUT2D eigenvalue weighted by molar-refractivity contribution is 0.411. The predicted molar refractivity (Wildman–Crippen MR) is 56.2 cm³/mol. The lowest BCUT2D eigenvalue weighted by Gasteiger charge is -2.07. The number of hydrogen-bond donors (Lipinski definition) is 0. The molecule has 0 heterocycles. The number of hydrogen-bond acceptors (Lipinski definition) is 3. The van der Waals surface area contributed by atoms with Crippen molar-refractivity contribution in [3.63, 3.8) is 0 Å². The summed E-state index contributed by atoms with van der Waals surface area (Å²) in [6.45, 7) is 1.94. The summed E-state index contributed by atoms with van der Waals surface area (Å²) >= 11 is 0. The average molecular weight is 200 g/mol. The van der Waals surface area contributed by atoms with Crippen LogP contribution in [0, 0.1) is 35.5 Å². The van der Waals surface area contributed by atoms with E-state index in [2.05, 4.69) is 0 Å². The normalized spacial score (nSPS) is 9.40. The molecule has 76 valence electrons. The Hall–Kier alpha value is -2.00. The van der Waals surface area contributed by atoms with Gasteiger partial charge in [0, 0.05) is 6.42 Å². The van der Waals surface area contributed by atoms with Gasteiger partial charge in [-0.2, -0.15) is 10.5 Å². The van der Waals surface area contributed by atoms with Gasteiger partial charge in [0.25, 0.3) is 0 Å². The highest BCUT2D eigenvalue weighted by molar-refractivity contribution is 5.36. The van der Waals surface area contributed by atoms with Crippen molar-refractivity contribution in [1.82, 2.24) is 0 Å². The molecule has 0 aliphatic rings. The summed E-state index contributed by atoms with van der Waals surface area (Å²) in [7, 11) is 1.62. The second-order valence-corrected chi connectivity index (χ2v) is 3.32. The van der Waals surface area contributed by atoms with E-state index in [1.165, 1.54) is 0 Å². The van der Waals surface area contributed by atoms with E-state index >= 15 is 0 Å². The summed E-state index contributed by atoms with van der Waals surface area (Å²) in [5.41, 5.74) is 2.01. The molecule has 3 heteroatoms. The maximum atomic E-state index is 8.66. The summed E-state index contributed by atoms with van der Waals surface area (Å²) in [5.74, 6) is 0.252. The zero-order valence-electron chi connectivity index (χ0n) is 8.82. The molecule has 0 aromatic heterocycles. The highest BCUT2D eigenvalue weighted by Gasteiger charge is 2.07. The van der Waals surface area contributed by atoms with Gasteiger partial charge in [0.15, 0.2) is 0 Å². The van der Waals surface area contributed by atoms with Crippen LogP contribution in [0.1, 0.15) is 11.1 Å². The Bertz CT molecular complexity index is 412. The number of nitrogens with zero attached hydrogens (tertiary/aromatic N) is 2. The zero-order chi connectivity index (χ0) is 11.3. The number of aryl methyl sites for hydroxylation is 1. The second kappa shape index (κ2) is 5.02. The van der Waals surface area contributed by atoms with Gasteiger partial charge in [-0.1, -0.05) is 12.1 Å². The van der Waals surface area contributed by atoms with E-state index in [1.807, 2.05) is 37.3 Å². The quantitative estimate of drug-likeness (QED) is 0.751. The van der Waals surface area contributed by atoms with Crippen LogP contribution in [-0.4, -0.2) is 7.11 Å². The Morgan fingerprint density at radius 3 is 2.47 bits per heavy atom. The predicted octanol–water partition coefficient (Wildman–Crippen LogP) is 2.21. The molecule has 0 spiro atoms. The van der Waals surface area contributed by atoms with Crippen LogP contribution in [0.15, 0.2) is 18.2 Å². The van der Waals surface area contributed by atoms with Crippen molar-refractivity contribution in [3.05, 3.63) is 29.3 Å². The van der Waals surface area contributed by atoms with Gasteiger partial charge >= 0.3 is 0 Å². The van der Waals surface area contributed by atoms with Crippen molar-refractivity contribution >= 4 is 0 Å². The van der Waals surface area contributed by atoms with E-state index in [4.69, 9.17) is 15.3 Å². The van der Waals surface area contributed by atoms with E-state index in [-0.39, 0.29) is 0 Å². The highest BCUT2D eigenvalue weighted by Crippen LogP contribution is 2.20. The van der Waals surface area contributed by atoms with Crippen molar-refractivity contribution < 1.29 is 4.74 Å². The van der Waals surface area contributed by atoms with Crippen molar-refractivity contribution in [2.24, 2.45) is 5.92 Å². The van der Waals surface area contributed by atoms with Crippen molar-refractivity contribution in [1.29, 1.82) is 10.5 Å². The van der Waals surface area contributed by atoms with E-state index in [9.17, 15) is 0 Å². The maximum Gasteiger partial charge on any atom is 0.137 e. The Balaban J connectivity index is 2.86. The summed E-state index contributed by atoms with van der Waals surface area (Å²) < 4.78 is 5.13. The molecule has 15 heavy (non-hydrogen) atoms. The van der Waals surface area contributed by atoms with Crippen molar-refractivity contribution in [3.8, 4) is 17.9 Å². The fraction of sp³-hybridized carbons (Fsp3) is 0.333. The van der Waals surface area contributed by atoms with Gasteiger partial charge in [-0.3, -0.25) is 0 Å². The monoisotopic (exact) mass is 200 g/mol. The van der Waals surface area contributed by atoms with Gasteiger partial charge in [0.05, 0.1) is 19.2 Å². The number of benzene rings is 1. The molecular weight excluding hydrogens is 188 g/mol. The Labute approximate surface area is 89.5 Å². The van der Waals surface area contributed by atoms with Gasteiger partial charge in [-0.25, -0.2) is 0 Å². The molecule has 0 aliphatic carbocycles. The Kier molecular flexibility index (Phi) is 3.71. The first-order valence-corrected chi connectivity index (χ1v) is 4.64. The standard InChI is InChI=1S/C12H12N2O/c1-9-5-10(3-4-12(9)15-2)6-11(7-13)8-14/h3-5,11H,6H2,1-2H3. The molecule has 0 radical (unpaired) electrons. The van der Waals surface area contributed by atoms with Crippen LogP contribution in [0.5, 0.6) is 5.75 Å². The lowest BCUT2D eigenvalue weighted by atomic mass is 10.0. The molecule has 0 bridgehead atoms. The minimum absolute atomic E-state index is 0.470. The van der Waals surface area contributed by atoms with Crippen LogP contribution in [0.25, 0.3) is 0 Å². The maximum absolute atomic E-state index is 8.66. The van der Waals surface area contributed by atoms with Crippen LogP contribution in [-0.2, 0) is 6.42 Å². The summed E-state index contributed by atoms with van der Waals surface area (Å²) in [4.78, 5) is 0. The first-order chi connectivity index (χ1) is 7.21. The lowest BCUT2D eigenvalue weighted by Crippen LogP contribution is -1.99. The van der Waals surface area contributed by atoms with Gasteiger partial charge in [-0.15, -0.1) is 0 Å². The van der Waals surface area contributed by atoms with Crippen LogP contribution in [0.4, 0.5) is 0 Å². The van der Waals surface area contributed by atoms with Crippen LogP contribution >= 0.6 is 0 Å². The van der Waals surface area contributed by atoms with E-state index in [0.29, 0.717) is 6.42 Å². The number of ether oxygens (including phenoxy) is 1. The molecule has 1 aromatic carbocycles. The van der Waals surface area contributed by atoms with Crippen molar-refractivity contribution in [2.75, 3.05) is 7.11 Å². The van der Waals surface area contributed by atoms with E-state index < -0.39 is 5.92 Å². The third-order valence-corrected chi connectivity index (χ3v) is 2.21. The number of nitriles is 2. The summed E-state index contributed by atoms with van der Waals surface area (Å²) in [5, 5.41) is 17.3. The van der Waals surface area contributed by atoms with E-state index in [0.717, 1.165) is 16.9 Å². The van der Waals surface area contributed by atoms with Gasteiger partial charge < -0.3 is 4.74 Å². The van der Waals surface area contributed by atoms with Crippen molar-refractivity contribution in [2.45, 2.75) is 13.3 Å². The van der Waals surface area contributed by atoms with Gasteiger partial charge in [0.2, 0.25) is 0 Å². The smallest absolute Gasteiger partial charge is 0.137 e. The zero-order valence-corrected chi connectivity index (χ0v) is 8.82. The minimum atomic E-state index is -0.571. The molecule has 1 aromatic rings. The van der Waals surface area contributed by atoms with Gasteiger partial charge in [-0.05, 0) is 24.1 Å². The Morgan fingerprint density at radius 2 is 2.00 bits per heavy atom. The molecule has 0 fully saturated rings. The first-order valence-electron chi connectivity index (χ1n) is 4.64. The molecule has 3 nitrogen and oxygen atoms in total. The molecule has 0 aliphatic heterocycles. The first kappa shape index (κ1) is 11.1. The van der Waals surface area contributed by atoms with Crippen LogP contribution in [0.3, 0.4) is 0 Å². The molecular formula is C12H12N2O. The molecule has 0 unspecified atom stereocenters. The fourth-order valence-electron chi connectivity index (χ4n) is 1.42. The highest BCUT2D eigenvalue weighted by atomic mass is 16.5. The summed E-state index contributed by atoms with van der Waals surface area (Å²) in [6.07, 6.45) is 0.470. The third kappa shape index (κ3) is 2.72. The van der Waals surface area contributed by atoms with Gasteiger partial charge in [0.1, 0.15) is 11.7 Å². The number of methoxy groups -OCH3 is 1.